The second-order valence-electron chi connectivity index (χ2n) is 20.1. The molecule has 29 heteroatoms. The maximum atomic E-state index is 15.3. The van der Waals surface area contributed by atoms with Gasteiger partial charge in [-0.2, -0.15) is 36.1 Å². The standard InChI is InChI=1S/C25H20F3N5O4S.C22H18F3NO2.C15H15N5O3S.CH4.H3P/c1-37-23-12-19(16-9-17(26)11-18(27)10-16)20(28)13-22(23)33-21-6-8-32(14-15(21)4-5-25(33)34)38(35,36)31-24-3-2-7-29-30-24;1-28-21-11-17(14-8-15(23)10-16(24)9-14)18(25)12-20(21)26-19-5-3-2-4-13(19)6-7-22(26)27;1-23-14-4-2-13(3-5-14)10-20(15-6-7-16-11-18-15)24(21,22)19-9-8-17-12-19;;/h2-5,7,9-13H,6,8,14H2,1H3,(H,30,31);6-12H,2-5H2,1H3;2-9,11-12H,10H2,1H3;1H4;1H3. The predicted octanol–water partition coefficient (Wildman–Crippen LogP) is 10.4. The number of pyridine rings is 2. The van der Waals surface area contributed by atoms with Crippen molar-refractivity contribution in [2.75, 3.05) is 36.9 Å². The van der Waals surface area contributed by atoms with Crippen LogP contribution in [0, 0.1) is 34.9 Å². The van der Waals surface area contributed by atoms with Crippen LogP contribution in [-0.2, 0) is 52.8 Å². The van der Waals surface area contributed by atoms with E-state index in [1.165, 1.54) is 124 Å². The van der Waals surface area contributed by atoms with Crippen LogP contribution < -0.4 is 34.4 Å². The highest BCUT2D eigenvalue weighted by atomic mass is 32.2. The van der Waals surface area contributed by atoms with Crippen LogP contribution in [0.25, 0.3) is 33.6 Å². The number of aromatic nitrogens is 8. The fraction of sp³-hybridized carbons (Fsp3) is 0.190. The van der Waals surface area contributed by atoms with Crippen LogP contribution in [0.2, 0.25) is 0 Å². The Hall–Kier alpha value is -9.76. The molecular weight excluding hydrogens is 1260 g/mol. The number of rotatable bonds is 15. The number of methoxy groups -OCH3 is 3. The number of nitrogens with one attached hydrogen (secondary N) is 1. The van der Waals surface area contributed by atoms with E-state index < -0.39 is 60.9 Å². The molecule has 92 heavy (non-hydrogen) atoms. The zero-order chi connectivity index (χ0) is 63.9. The van der Waals surface area contributed by atoms with E-state index in [9.17, 15) is 48.4 Å². The monoisotopic (exact) mass is 1320 g/mol. The van der Waals surface area contributed by atoms with Gasteiger partial charge in [0.15, 0.2) is 5.82 Å². The Balaban J connectivity index is 0.000000181. The summed E-state index contributed by atoms with van der Waals surface area (Å²) in [4.78, 5) is 37.3. The van der Waals surface area contributed by atoms with Crippen molar-refractivity contribution in [1.29, 1.82) is 0 Å². The van der Waals surface area contributed by atoms with Gasteiger partial charge in [0, 0.05) is 109 Å². The molecular formula is C63H60F6N11O9PS2. The summed E-state index contributed by atoms with van der Waals surface area (Å²) in [6.45, 7) is 0.0790. The first-order chi connectivity index (χ1) is 43.2. The van der Waals surface area contributed by atoms with Gasteiger partial charge in [0.1, 0.15) is 70.6 Å². The zero-order valence-corrected chi connectivity index (χ0v) is 51.7. The quantitative estimate of drug-likeness (QED) is 0.0744. The molecule has 1 aliphatic heterocycles. The Bertz CT molecular complexity index is 4580. The molecule has 6 heterocycles. The molecule has 0 saturated heterocycles. The summed E-state index contributed by atoms with van der Waals surface area (Å²) in [6.07, 6.45) is 11.9. The van der Waals surface area contributed by atoms with Crippen LogP contribution in [0.4, 0.5) is 38.0 Å². The fourth-order valence-electron chi connectivity index (χ4n) is 10.3. The van der Waals surface area contributed by atoms with Crippen molar-refractivity contribution in [3.05, 3.63) is 249 Å². The largest absolute Gasteiger partial charge is 0.497 e. The summed E-state index contributed by atoms with van der Waals surface area (Å²) < 4.78 is 161. The van der Waals surface area contributed by atoms with Crippen LogP contribution in [0.1, 0.15) is 48.3 Å². The molecule has 0 spiro atoms. The van der Waals surface area contributed by atoms with Gasteiger partial charge in [-0.3, -0.25) is 23.4 Å². The zero-order valence-electron chi connectivity index (χ0n) is 48.7. The second kappa shape index (κ2) is 29.5. The second-order valence-corrected chi connectivity index (χ2v) is 23.5. The van der Waals surface area contributed by atoms with Gasteiger partial charge in [-0.05, 0) is 114 Å². The lowest BCUT2D eigenvalue weighted by Crippen LogP contribution is -2.41. The van der Waals surface area contributed by atoms with E-state index in [2.05, 4.69) is 29.9 Å². The van der Waals surface area contributed by atoms with E-state index in [1.54, 1.807) is 31.4 Å². The number of hydrogen-bond donors (Lipinski definition) is 1. The molecule has 0 fully saturated rings. The molecule has 0 bridgehead atoms. The molecule has 5 aromatic heterocycles. The first-order valence-corrected chi connectivity index (χ1v) is 30.2. The Labute approximate surface area is 528 Å². The van der Waals surface area contributed by atoms with Gasteiger partial charge in [0.25, 0.3) is 11.1 Å². The van der Waals surface area contributed by atoms with Gasteiger partial charge in [0.05, 0.1) is 39.2 Å². The molecule has 0 saturated carbocycles. The van der Waals surface area contributed by atoms with Crippen molar-refractivity contribution in [1.82, 2.24) is 42.6 Å². The lowest BCUT2D eigenvalue weighted by molar-refractivity contribution is 0.385. The van der Waals surface area contributed by atoms with E-state index in [0.29, 0.717) is 29.5 Å². The summed E-state index contributed by atoms with van der Waals surface area (Å²) >= 11 is 0. The van der Waals surface area contributed by atoms with Gasteiger partial charge >= 0.3 is 20.4 Å². The Morgan fingerprint density at radius 2 is 1.17 bits per heavy atom. The molecule has 1 N–H and O–H groups in total. The maximum absolute atomic E-state index is 15.3. The van der Waals surface area contributed by atoms with Crippen molar-refractivity contribution in [2.45, 2.75) is 52.6 Å². The van der Waals surface area contributed by atoms with E-state index >= 15 is 4.39 Å². The lowest BCUT2D eigenvalue weighted by atomic mass is 9.95. The number of ether oxygens (including phenoxy) is 3. The van der Waals surface area contributed by atoms with Crippen molar-refractivity contribution in [2.24, 2.45) is 0 Å². The summed E-state index contributed by atoms with van der Waals surface area (Å²) in [5.74, 6) is -3.50. The van der Waals surface area contributed by atoms with Crippen molar-refractivity contribution >= 4 is 42.0 Å². The topological polar surface area (TPSA) is 228 Å². The number of halogens is 6. The normalized spacial score (nSPS) is 12.6. The minimum atomic E-state index is -3.98. The summed E-state index contributed by atoms with van der Waals surface area (Å²) in [5.41, 5.74) is 3.19. The van der Waals surface area contributed by atoms with E-state index in [0.717, 1.165) is 76.5 Å². The van der Waals surface area contributed by atoms with E-state index in [4.69, 9.17) is 14.2 Å². The molecule has 5 aromatic carbocycles. The van der Waals surface area contributed by atoms with Gasteiger partial charge < -0.3 is 14.2 Å². The van der Waals surface area contributed by atoms with Crippen LogP contribution in [0.3, 0.4) is 0 Å². The number of anilines is 2. The van der Waals surface area contributed by atoms with E-state index in [1.807, 2.05) is 6.07 Å². The predicted molar refractivity (Wildman–Crippen MR) is 339 cm³/mol. The molecule has 12 rings (SSSR count). The highest BCUT2D eigenvalue weighted by molar-refractivity contribution is 7.91. The molecule has 480 valence electrons. The lowest BCUT2D eigenvalue weighted by Gasteiger charge is -2.30. The Morgan fingerprint density at radius 3 is 1.68 bits per heavy atom. The number of imidazole rings is 1. The van der Waals surface area contributed by atoms with Crippen LogP contribution >= 0.6 is 9.90 Å². The highest BCUT2D eigenvalue weighted by Gasteiger charge is 2.31. The smallest absolute Gasteiger partial charge is 0.332 e. The van der Waals surface area contributed by atoms with Crippen LogP contribution in [-0.4, -0.2) is 87.3 Å². The fourth-order valence-corrected chi connectivity index (χ4v) is 12.7. The minimum Gasteiger partial charge on any atom is -0.497 e. The number of benzene rings is 5. The third-order valence-corrected chi connectivity index (χ3v) is 17.6. The van der Waals surface area contributed by atoms with Crippen molar-refractivity contribution in [3.8, 4) is 50.9 Å². The number of nitrogens with zero attached hydrogens (tertiary/aromatic N) is 10. The molecule has 2 aliphatic rings. The SMILES string of the molecule is C.COc1cc(-c2cc(F)cc(F)c2)c(F)cc1-n1c2c(ccc1=O)CCCC2.COc1cc(-c2cc(F)cc(F)c2)c(F)cc1-n1c2c(ccc1=O)CN(S(=O)(=O)Nc1cccnn1)CC2.COc1ccc(CN(c2ccncn2)S(=O)(=O)n2ccnc2)cc1.P. The van der Waals surface area contributed by atoms with Crippen LogP contribution in [0.15, 0.2) is 174 Å². The number of fused-ring (bicyclic) bond motifs is 2. The average molecular weight is 1320 g/mol. The van der Waals surface area contributed by atoms with Gasteiger partial charge in [-0.1, -0.05) is 31.7 Å². The molecule has 1 unspecified atom stereocenters. The molecule has 0 radical (unpaired) electrons. The van der Waals surface area contributed by atoms with Crippen molar-refractivity contribution < 1.29 is 57.4 Å². The number of aryl methyl sites for hydroxylation is 1. The third kappa shape index (κ3) is 15.2. The molecule has 10 aromatic rings. The first-order valence-electron chi connectivity index (χ1n) is 27.4. The highest BCUT2D eigenvalue weighted by Crippen LogP contribution is 2.37. The molecule has 1 atom stereocenters. The van der Waals surface area contributed by atoms with Gasteiger partial charge in [-0.25, -0.2) is 49.6 Å². The average Bonchev–Trinajstić information content (AvgIpc) is 0.916. The minimum absolute atomic E-state index is 0. The van der Waals surface area contributed by atoms with E-state index in [-0.39, 0.29) is 106 Å². The van der Waals surface area contributed by atoms with Gasteiger partial charge in [-0.15, -0.1) is 5.10 Å². The molecule has 1 aliphatic carbocycles. The third-order valence-electron chi connectivity index (χ3n) is 14.5. The summed E-state index contributed by atoms with van der Waals surface area (Å²) in [5, 5.41) is 7.38. The molecule has 20 nitrogen and oxygen atoms in total. The maximum Gasteiger partial charge on any atom is 0.332 e. The molecule has 0 amide bonds. The summed E-state index contributed by atoms with van der Waals surface area (Å²) in [6, 6.07) is 28.1. The Morgan fingerprint density at radius 1 is 0.609 bits per heavy atom. The Kier molecular flexibility index (Phi) is 21.8. The first kappa shape index (κ1) is 68.2. The van der Waals surface area contributed by atoms with Crippen molar-refractivity contribution in [3.63, 3.8) is 0 Å². The van der Waals surface area contributed by atoms with Gasteiger partial charge in [0.2, 0.25) is 0 Å². The number of hydrogen-bond acceptors (Lipinski definition) is 14. The summed E-state index contributed by atoms with van der Waals surface area (Å²) in [7, 11) is -3.54. The van der Waals surface area contributed by atoms with Crippen LogP contribution in [0.5, 0.6) is 17.2 Å².